The molecule has 0 aromatic heterocycles. The molecule has 0 saturated carbocycles. The molecule has 0 aliphatic rings. The Morgan fingerprint density at radius 2 is 1.95 bits per heavy atom. The molecule has 0 atom stereocenters. The third-order valence-electron chi connectivity index (χ3n) is 2.34. The minimum atomic E-state index is -4.72. The fraction of sp³-hybridized carbons (Fsp3) is 0.300. The van der Waals surface area contributed by atoms with Gasteiger partial charge in [-0.05, 0) is 28.1 Å². The average Bonchev–Trinajstić information content (AvgIpc) is 2.29. The van der Waals surface area contributed by atoms with Gasteiger partial charge in [-0.15, -0.1) is 0 Å². The van der Waals surface area contributed by atoms with E-state index in [2.05, 4.69) is 15.9 Å². The van der Waals surface area contributed by atoms with E-state index in [1.54, 1.807) is 0 Å². The molecule has 0 spiro atoms. The lowest BCUT2D eigenvalue weighted by molar-refractivity contribution is -0.134. The van der Waals surface area contributed by atoms with Crippen LogP contribution in [0.3, 0.4) is 0 Å². The van der Waals surface area contributed by atoms with Gasteiger partial charge in [0, 0.05) is 11.5 Å². The van der Waals surface area contributed by atoms with E-state index in [9.17, 15) is 26.4 Å². The third kappa shape index (κ3) is 4.31. The molecule has 0 fully saturated rings. The van der Waals surface area contributed by atoms with Crippen LogP contribution in [0.1, 0.15) is 10.4 Å². The van der Waals surface area contributed by atoms with Crippen LogP contribution in [0, 0.1) is 0 Å². The van der Waals surface area contributed by atoms with Crippen LogP contribution < -0.4 is 0 Å². The summed E-state index contributed by atoms with van der Waals surface area (Å²) in [4.78, 5) is 10.3. The van der Waals surface area contributed by atoms with Gasteiger partial charge in [-0.3, -0.25) is 0 Å². The Kier molecular flexibility index (Phi) is 5.30. The Bertz CT molecular complexity index is 678. The summed E-state index contributed by atoms with van der Waals surface area (Å²) in [6.07, 6.45) is -4.72. The van der Waals surface area contributed by atoms with Gasteiger partial charge in [0.05, 0.1) is 15.5 Å². The molecule has 118 valence electrons. The lowest BCUT2D eigenvalue weighted by Crippen LogP contribution is -2.35. The highest BCUT2D eigenvalue weighted by Crippen LogP contribution is 2.31. The molecule has 21 heavy (non-hydrogen) atoms. The van der Waals surface area contributed by atoms with Crippen LogP contribution in [-0.2, 0) is 10.0 Å². The van der Waals surface area contributed by atoms with Crippen molar-refractivity contribution in [1.29, 1.82) is 0 Å². The number of nitrogens with zero attached hydrogens (tertiary/aromatic N) is 1. The molecule has 0 saturated heterocycles. The first-order chi connectivity index (χ1) is 9.36. The van der Waals surface area contributed by atoms with Crippen LogP contribution in [0.5, 0.6) is 0 Å². The standard InChI is InChI=1S/C10H8BrClF3NO4S/c1-16(4-10(13,14)15)21(19,20)5-2-6(9(17)18)8(12)7(11)3-5/h2-3H,4H2,1H3,(H,17,18). The normalized spacial score (nSPS) is 12.7. The number of sulfonamides is 1. The van der Waals surface area contributed by atoms with Crippen molar-refractivity contribution in [2.75, 3.05) is 13.6 Å². The van der Waals surface area contributed by atoms with Crippen molar-refractivity contribution in [2.24, 2.45) is 0 Å². The molecule has 0 heterocycles. The average molecular weight is 411 g/mol. The number of aromatic carboxylic acids is 1. The number of hydrogen-bond acceptors (Lipinski definition) is 3. The fourth-order valence-corrected chi connectivity index (χ4v) is 3.40. The Morgan fingerprint density at radius 3 is 2.38 bits per heavy atom. The molecule has 0 amide bonds. The van der Waals surface area contributed by atoms with Gasteiger partial charge < -0.3 is 5.11 Å². The van der Waals surface area contributed by atoms with E-state index in [-0.39, 0.29) is 13.8 Å². The minimum absolute atomic E-state index is 0.0527. The number of carboxylic acid groups (broad SMARTS) is 1. The number of carboxylic acids is 1. The topological polar surface area (TPSA) is 74.7 Å². The van der Waals surface area contributed by atoms with E-state index in [1.807, 2.05) is 0 Å². The van der Waals surface area contributed by atoms with E-state index in [1.165, 1.54) is 0 Å². The summed E-state index contributed by atoms with van der Waals surface area (Å²) in [5.41, 5.74) is -0.537. The van der Waals surface area contributed by atoms with Crippen LogP contribution in [0.2, 0.25) is 5.02 Å². The second-order valence-electron chi connectivity index (χ2n) is 3.95. The Morgan fingerprint density at radius 1 is 1.43 bits per heavy atom. The largest absolute Gasteiger partial charge is 0.478 e. The molecule has 0 unspecified atom stereocenters. The van der Waals surface area contributed by atoms with Gasteiger partial charge in [0.25, 0.3) is 0 Å². The van der Waals surface area contributed by atoms with E-state index in [0.717, 1.165) is 13.1 Å². The van der Waals surface area contributed by atoms with Crippen molar-refractivity contribution in [1.82, 2.24) is 4.31 Å². The first kappa shape index (κ1) is 18.2. The molecule has 1 N–H and O–H groups in total. The zero-order valence-corrected chi connectivity index (χ0v) is 13.4. The van der Waals surface area contributed by atoms with Gasteiger partial charge in [-0.25, -0.2) is 13.2 Å². The minimum Gasteiger partial charge on any atom is -0.478 e. The second kappa shape index (κ2) is 6.11. The number of halogens is 5. The smallest absolute Gasteiger partial charge is 0.402 e. The quantitative estimate of drug-likeness (QED) is 0.828. The maximum atomic E-state index is 12.3. The van der Waals surface area contributed by atoms with E-state index < -0.39 is 39.2 Å². The number of carbonyl (C=O) groups is 1. The van der Waals surface area contributed by atoms with Crippen LogP contribution in [0.25, 0.3) is 0 Å². The zero-order chi connectivity index (χ0) is 16.6. The van der Waals surface area contributed by atoms with Crippen LogP contribution in [0.15, 0.2) is 21.5 Å². The Balaban J connectivity index is 3.36. The first-order valence-electron chi connectivity index (χ1n) is 5.11. The third-order valence-corrected chi connectivity index (χ3v) is 5.38. The fourth-order valence-electron chi connectivity index (χ4n) is 1.39. The summed E-state index contributed by atoms with van der Waals surface area (Å²) in [6, 6.07) is 1.65. The molecule has 0 bridgehead atoms. The van der Waals surface area contributed by atoms with Crippen molar-refractivity contribution in [3.05, 3.63) is 27.2 Å². The summed E-state index contributed by atoms with van der Waals surface area (Å²) < 4.78 is 60.9. The summed E-state index contributed by atoms with van der Waals surface area (Å²) >= 11 is 8.55. The molecule has 1 aromatic carbocycles. The lowest BCUT2D eigenvalue weighted by atomic mass is 10.2. The van der Waals surface area contributed by atoms with E-state index in [0.29, 0.717) is 6.07 Å². The van der Waals surface area contributed by atoms with E-state index >= 15 is 0 Å². The van der Waals surface area contributed by atoms with E-state index in [4.69, 9.17) is 16.7 Å². The number of rotatable bonds is 4. The van der Waals surface area contributed by atoms with Crippen molar-refractivity contribution < 1.29 is 31.5 Å². The maximum absolute atomic E-state index is 12.3. The monoisotopic (exact) mass is 409 g/mol. The Hall–Kier alpha value is -0.840. The van der Waals surface area contributed by atoms with Gasteiger partial charge in [0.2, 0.25) is 10.0 Å². The highest BCUT2D eigenvalue weighted by Gasteiger charge is 2.35. The van der Waals surface area contributed by atoms with Crippen LogP contribution in [-0.4, -0.2) is 43.6 Å². The van der Waals surface area contributed by atoms with Gasteiger partial charge in [0.15, 0.2) is 0 Å². The summed E-state index contributed by atoms with van der Waals surface area (Å²) in [5, 5.41) is 8.66. The molecular formula is C10H8BrClF3NO4S. The van der Waals surface area contributed by atoms with Gasteiger partial charge in [0.1, 0.15) is 6.54 Å². The molecule has 1 aromatic rings. The predicted molar refractivity (Wildman–Crippen MR) is 72.0 cm³/mol. The van der Waals surface area contributed by atoms with Crippen molar-refractivity contribution in [3.63, 3.8) is 0 Å². The SMILES string of the molecule is CN(CC(F)(F)F)S(=O)(=O)c1cc(Br)c(Cl)c(C(=O)O)c1. The van der Waals surface area contributed by atoms with Gasteiger partial charge in [-0.2, -0.15) is 17.5 Å². The van der Waals surface area contributed by atoms with Crippen molar-refractivity contribution in [2.45, 2.75) is 11.1 Å². The number of benzene rings is 1. The van der Waals surface area contributed by atoms with Crippen molar-refractivity contribution >= 4 is 43.5 Å². The van der Waals surface area contributed by atoms with Gasteiger partial charge in [-0.1, -0.05) is 11.6 Å². The zero-order valence-electron chi connectivity index (χ0n) is 10.3. The highest BCUT2D eigenvalue weighted by molar-refractivity contribution is 9.10. The molecule has 1 rings (SSSR count). The van der Waals surface area contributed by atoms with Crippen molar-refractivity contribution in [3.8, 4) is 0 Å². The van der Waals surface area contributed by atoms with Gasteiger partial charge >= 0.3 is 12.1 Å². The van der Waals surface area contributed by atoms with Crippen LogP contribution in [0.4, 0.5) is 13.2 Å². The molecule has 0 aliphatic heterocycles. The highest BCUT2D eigenvalue weighted by atomic mass is 79.9. The summed E-state index contributed by atoms with van der Waals surface area (Å²) in [7, 11) is -3.76. The summed E-state index contributed by atoms with van der Waals surface area (Å²) in [6.45, 7) is -1.70. The summed E-state index contributed by atoms with van der Waals surface area (Å²) in [5.74, 6) is -1.50. The molecular weight excluding hydrogens is 403 g/mol. The second-order valence-corrected chi connectivity index (χ2v) is 7.23. The van der Waals surface area contributed by atoms with Crippen LogP contribution >= 0.6 is 27.5 Å². The Labute approximate surface area is 131 Å². The maximum Gasteiger partial charge on any atom is 0.402 e. The predicted octanol–water partition coefficient (Wildman–Crippen LogP) is 2.98. The molecule has 5 nitrogen and oxygen atoms in total. The lowest BCUT2D eigenvalue weighted by Gasteiger charge is -2.19. The number of hydrogen-bond donors (Lipinski definition) is 1. The number of alkyl halides is 3. The molecule has 0 aliphatic carbocycles. The molecule has 11 heteroatoms. The first-order valence-corrected chi connectivity index (χ1v) is 7.73. The molecule has 0 radical (unpaired) electrons.